The number of aliphatic carboxylic acids is 1. The van der Waals surface area contributed by atoms with Crippen LogP contribution in [0.5, 0.6) is 5.75 Å². The number of rotatable bonds is 8. The number of ether oxygens (including phenoxy) is 2. The third-order valence-electron chi connectivity index (χ3n) is 2.24. The van der Waals surface area contributed by atoms with Gasteiger partial charge in [0, 0.05) is 6.54 Å². The fourth-order valence-electron chi connectivity index (χ4n) is 1.34. The van der Waals surface area contributed by atoms with E-state index in [0.717, 1.165) is 5.56 Å². The molecule has 20 heavy (non-hydrogen) atoms. The van der Waals surface area contributed by atoms with E-state index < -0.39 is 24.3 Å². The minimum absolute atomic E-state index is 0.0160. The molecule has 0 aliphatic rings. The van der Waals surface area contributed by atoms with Crippen molar-refractivity contribution in [1.82, 2.24) is 5.32 Å². The molecule has 0 atom stereocenters. The van der Waals surface area contributed by atoms with Gasteiger partial charge in [-0.15, -0.1) is 0 Å². The molecular weight excluding hydrogens is 269 g/mol. The molecule has 0 saturated carbocycles. The minimum Gasteiger partial charge on any atom is -0.481 e. The van der Waals surface area contributed by atoms with E-state index in [2.05, 4.69) is 5.32 Å². The molecule has 1 amide bonds. The zero-order valence-electron chi connectivity index (χ0n) is 11.0. The third-order valence-corrected chi connectivity index (χ3v) is 2.24. The highest BCUT2D eigenvalue weighted by Crippen LogP contribution is 2.17. The predicted molar refractivity (Wildman–Crippen MR) is 68.1 cm³/mol. The largest absolute Gasteiger partial charge is 0.481 e. The Hall–Kier alpha value is -2.15. The molecule has 0 heterocycles. The van der Waals surface area contributed by atoms with Crippen LogP contribution >= 0.6 is 0 Å². The minimum atomic E-state index is -1.07. The van der Waals surface area contributed by atoms with Crippen molar-refractivity contribution >= 4 is 11.9 Å². The summed E-state index contributed by atoms with van der Waals surface area (Å²) >= 11 is 0. The van der Waals surface area contributed by atoms with Crippen LogP contribution in [0.1, 0.15) is 5.56 Å². The van der Waals surface area contributed by atoms with Gasteiger partial charge in [-0.05, 0) is 24.6 Å². The second kappa shape index (κ2) is 8.11. The van der Waals surface area contributed by atoms with Gasteiger partial charge in [0.15, 0.2) is 18.2 Å². The molecule has 1 rings (SSSR count). The number of hydrogen-bond acceptors (Lipinski definition) is 4. The summed E-state index contributed by atoms with van der Waals surface area (Å²) in [5.41, 5.74) is 0.823. The van der Waals surface area contributed by atoms with Crippen LogP contribution < -0.4 is 10.1 Å². The lowest BCUT2D eigenvalue weighted by molar-refractivity contribution is -0.142. The predicted octanol–water partition coefficient (Wildman–Crippen LogP) is 0.730. The normalized spacial score (nSPS) is 10.1. The van der Waals surface area contributed by atoms with Gasteiger partial charge in [-0.1, -0.05) is 6.07 Å². The fraction of sp³-hybridized carbons (Fsp3) is 0.385. The van der Waals surface area contributed by atoms with Crippen LogP contribution in [0.15, 0.2) is 18.2 Å². The highest BCUT2D eigenvalue weighted by atomic mass is 19.1. The summed E-state index contributed by atoms with van der Waals surface area (Å²) in [4.78, 5) is 21.5. The first-order valence-corrected chi connectivity index (χ1v) is 5.94. The van der Waals surface area contributed by atoms with Gasteiger partial charge in [0.1, 0.15) is 6.61 Å². The Labute approximate surface area is 115 Å². The lowest BCUT2D eigenvalue weighted by atomic mass is 10.2. The Kier molecular flexibility index (Phi) is 6.45. The summed E-state index contributed by atoms with van der Waals surface area (Å²) in [6.45, 7) is 1.29. The van der Waals surface area contributed by atoms with Crippen LogP contribution in [0.4, 0.5) is 4.39 Å². The molecule has 0 spiro atoms. The quantitative estimate of drug-likeness (QED) is 0.688. The second-order valence-corrected chi connectivity index (χ2v) is 4.02. The van der Waals surface area contributed by atoms with Gasteiger partial charge in [-0.2, -0.15) is 0 Å². The molecule has 1 aromatic rings. The smallest absolute Gasteiger partial charge is 0.329 e. The second-order valence-electron chi connectivity index (χ2n) is 4.02. The molecule has 0 fully saturated rings. The Morgan fingerprint density at radius 2 is 2.10 bits per heavy atom. The number of carbonyl (C=O) groups excluding carboxylic acids is 1. The fourth-order valence-corrected chi connectivity index (χ4v) is 1.34. The maximum atomic E-state index is 13.3. The van der Waals surface area contributed by atoms with Crippen molar-refractivity contribution < 1.29 is 28.6 Å². The molecule has 7 heteroatoms. The monoisotopic (exact) mass is 285 g/mol. The highest BCUT2D eigenvalue weighted by molar-refractivity contribution is 5.77. The highest BCUT2D eigenvalue weighted by Gasteiger charge is 2.07. The molecule has 0 aliphatic carbocycles. The van der Waals surface area contributed by atoms with Gasteiger partial charge >= 0.3 is 5.97 Å². The number of nitrogens with one attached hydrogen (secondary N) is 1. The van der Waals surface area contributed by atoms with Gasteiger partial charge in [0.05, 0.1) is 6.61 Å². The first-order valence-electron chi connectivity index (χ1n) is 5.94. The Morgan fingerprint density at radius 3 is 2.80 bits per heavy atom. The lowest BCUT2D eigenvalue weighted by Crippen LogP contribution is -2.32. The summed E-state index contributed by atoms with van der Waals surface area (Å²) in [6, 6.07) is 4.36. The van der Waals surface area contributed by atoms with Crippen molar-refractivity contribution in [3.63, 3.8) is 0 Å². The molecule has 0 bridgehead atoms. The van der Waals surface area contributed by atoms with Gasteiger partial charge in [-0.25, -0.2) is 9.18 Å². The van der Waals surface area contributed by atoms with Crippen molar-refractivity contribution in [2.45, 2.75) is 6.92 Å². The average Bonchev–Trinajstić information content (AvgIpc) is 2.39. The number of carboxylic acid groups (broad SMARTS) is 1. The van der Waals surface area contributed by atoms with Crippen molar-refractivity contribution in [3.8, 4) is 5.75 Å². The molecule has 0 aromatic heterocycles. The van der Waals surface area contributed by atoms with Crippen LogP contribution in [0, 0.1) is 12.7 Å². The SMILES string of the molecule is Cc1ccc(F)c(OCC(=O)NCCOCC(=O)O)c1. The molecule has 6 nitrogen and oxygen atoms in total. The van der Waals surface area contributed by atoms with E-state index in [-0.39, 0.29) is 25.5 Å². The van der Waals surface area contributed by atoms with Crippen molar-refractivity contribution in [2.75, 3.05) is 26.4 Å². The Balaban J connectivity index is 2.23. The van der Waals surface area contributed by atoms with E-state index in [1.807, 2.05) is 0 Å². The lowest BCUT2D eigenvalue weighted by Gasteiger charge is -2.08. The molecular formula is C13H16FNO5. The molecule has 0 unspecified atom stereocenters. The summed E-state index contributed by atoms with van der Waals surface area (Å²) < 4.78 is 23.1. The van der Waals surface area contributed by atoms with Crippen LogP contribution in [0.2, 0.25) is 0 Å². The van der Waals surface area contributed by atoms with Crippen molar-refractivity contribution in [1.29, 1.82) is 0 Å². The van der Waals surface area contributed by atoms with Crippen molar-refractivity contribution in [2.24, 2.45) is 0 Å². The Bertz CT molecular complexity index is 478. The average molecular weight is 285 g/mol. The van der Waals surface area contributed by atoms with E-state index >= 15 is 0 Å². The van der Waals surface area contributed by atoms with E-state index in [4.69, 9.17) is 14.6 Å². The number of amides is 1. The first-order chi connectivity index (χ1) is 9.49. The standard InChI is InChI=1S/C13H16FNO5/c1-9-2-3-10(14)11(6-9)20-7-12(16)15-4-5-19-8-13(17)18/h2-3,6H,4-5,7-8H2,1H3,(H,15,16)(H,17,18). The number of carbonyl (C=O) groups is 2. The molecule has 0 aliphatic heterocycles. The van der Waals surface area contributed by atoms with Gasteiger partial charge in [0.2, 0.25) is 0 Å². The number of hydrogen-bond donors (Lipinski definition) is 2. The van der Waals surface area contributed by atoms with E-state index in [0.29, 0.717) is 0 Å². The summed E-state index contributed by atoms with van der Waals surface area (Å²) in [6.07, 6.45) is 0. The van der Waals surface area contributed by atoms with Crippen LogP contribution in [0.25, 0.3) is 0 Å². The number of aryl methyl sites for hydroxylation is 1. The van der Waals surface area contributed by atoms with Gasteiger partial charge in [0.25, 0.3) is 5.91 Å². The molecule has 2 N–H and O–H groups in total. The molecule has 0 saturated heterocycles. The summed E-state index contributed by atoms with van der Waals surface area (Å²) in [5, 5.41) is 10.8. The number of halogens is 1. The van der Waals surface area contributed by atoms with Crippen LogP contribution in [-0.2, 0) is 14.3 Å². The number of benzene rings is 1. The van der Waals surface area contributed by atoms with Crippen LogP contribution in [-0.4, -0.2) is 43.3 Å². The maximum Gasteiger partial charge on any atom is 0.329 e. The molecule has 0 radical (unpaired) electrons. The van der Waals surface area contributed by atoms with Crippen LogP contribution in [0.3, 0.4) is 0 Å². The third kappa shape index (κ3) is 6.14. The van der Waals surface area contributed by atoms with E-state index in [1.165, 1.54) is 12.1 Å². The molecule has 110 valence electrons. The van der Waals surface area contributed by atoms with Crippen molar-refractivity contribution in [3.05, 3.63) is 29.6 Å². The summed E-state index contributed by atoms with van der Waals surface area (Å²) in [5.74, 6) is -2.03. The topological polar surface area (TPSA) is 84.9 Å². The summed E-state index contributed by atoms with van der Waals surface area (Å²) in [7, 11) is 0. The zero-order chi connectivity index (χ0) is 15.0. The van der Waals surface area contributed by atoms with Gasteiger partial charge in [-0.3, -0.25) is 4.79 Å². The first kappa shape index (κ1) is 15.9. The Morgan fingerprint density at radius 1 is 1.35 bits per heavy atom. The number of carboxylic acids is 1. The van der Waals surface area contributed by atoms with E-state index in [9.17, 15) is 14.0 Å². The van der Waals surface area contributed by atoms with Gasteiger partial charge < -0.3 is 19.9 Å². The van der Waals surface area contributed by atoms with E-state index in [1.54, 1.807) is 13.0 Å². The molecule has 1 aromatic carbocycles. The zero-order valence-corrected chi connectivity index (χ0v) is 11.0. The maximum absolute atomic E-state index is 13.3.